The molecule has 0 heterocycles. The second-order valence-electron chi connectivity index (χ2n) is 6.06. The highest BCUT2D eigenvalue weighted by Crippen LogP contribution is 2.23. The van der Waals surface area contributed by atoms with Gasteiger partial charge in [0.25, 0.3) is 0 Å². The van der Waals surface area contributed by atoms with Gasteiger partial charge >= 0.3 is 12.0 Å². The lowest BCUT2D eigenvalue weighted by molar-refractivity contribution is 0.0698. The van der Waals surface area contributed by atoms with Crippen LogP contribution in [0.1, 0.15) is 31.1 Å². The number of carboxylic acid groups (broad SMARTS) is 1. The van der Waals surface area contributed by atoms with E-state index >= 15 is 0 Å². The summed E-state index contributed by atoms with van der Waals surface area (Å²) in [6.45, 7) is 6.60. The SMILES string of the molecule is COc1ccc(C(=O)O)c(NC(=O)N(C)CC(C)(C)C)c1. The Kier molecular flexibility index (Phi) is 5.18. The fourth-order valence-corrected chi connectivity index (χ4v) is 1.93. The molecule has 0 aliphatic carbocycles. The summed E-state index contributed by atoms with van der Waals surface area (Å²) in [4.78, 5) is 24.9. The number of hydrogen-bond donors (Lipinski definition) is 2. The van der Waals surface area contributed by atoms with Crippen LogP contribution >= 0.6 is 0 Å². The quantitative estimate of drug-likeness (QED) is 0.895. The minimum Gasteiger partial charge on any atom is -0.497 e. The Morgan fingerprint density at radius 2 is 1.95 bits per heavy atom. The van der Waals surface area contributed by atoms with E-state index in [1.54, 1.807) is 7.05 Å². The molecule has 1 aromatic carbocycles. The minimum absolute atomic E-state index is 0.0216. The molecule has 1 aromatic rings. The minimum atomic E-state index is -1.11. The molecular formula is C15H22N2O4. The lowest BCUT2D eigenvalue weighted by atomic mass is 9.96. The van der Waals surface area contributed by atoms with Crippen molar-refractivity contribution in [3.63, 3.8) is 0 Å². The molecule has 21 heavy (non-hydrogen) atoms. The van der Waals surface area contributed by atoms with Gasteiger partial charge in [-0.1, -0.05) is 20.8 Å². The third kappa shape index (κ3) is 4.98. The van der Waals surface area contributed by atoms with E-state index in [1.165, 1.54) is 30.2 Å². The number of ether oxygens (including phenoxy) is 1. The fourth-order valence-electron chi connectivity index (χ4n) is 1.93. The highest BCUT2D eigenvalue weighted by molar-refractivity contribution is 6.00. The molecule has 1 rings (SSSR count). The Labute approximate surface area is 124 Å². The molecule has 0 atom stereocenters. The van der Waals surface area contributed by atoms with E-state index in [0.717, 1.165) is 0 Å². The van der Waals surface area contributed by atoms with E-state index in [4.69, 9.17) is 9.84 Å². The van der Waals surface area contributed by atoms with Crippen molar-refractivity contribution in [2.45, 2.75) is 20.8 Å². The summed E-state index contributed by atoms with van der Waals surface area (Å²) >= 11 is 0. The maximum absolute atomic E-state index is 12.1. The molecule has 0 aliphatic heterocycles. The van der Waals surface area contributed by atoms with Crippen LogP contribution in [0.5, 0.6) is 5.75 Å². The summed E-state index contributed by atoms with van der Waals surface area (Å²) in [5.74, 6) is -0.625. The van der Waals surface area contributed by atoms with Gasteiger partial charge in [-0.15, -0.1) is 0 Å². The van der Waals surface area contributed by atoms with Crippen LogP contribution in [0.2, 0.25) is 0 Å². The molecule has 0 aromatic heterocycles. The number of carbonyl (C=O) groups is 2. The third-order valence-electron chi connectivity index (χ3n) is 2.76. The van der Waals surface area contributed by atoms with E-state index in [2.05, 4.69) is 5.32 Å². The molecule has 2 N–H and O–H groups in total. The van der Waals surface area contributed by atoms with Crippen LogP contribution in [-0.4, -0.2) is 42.7 Å². The number of benzene rings is 1. The molecule has 2 amide bonds. The van der Waals surface area contributed by atoms with Gasteiger partial charge in [0.1, 0.15) is 5.75 Å². The summed E-state index contributed by atoms with van der Waals surface area (Å²) in [6, 6.07) is 4.07. The average molecular weight is 294 g/mol. The summed E-state index contributed by atoms with van der Waals surface area (Å²) in [5, 5.41) is 11.8. The molecule has 0 spiro atoms. The van der Waals surface area contributed by atoms with Gasteiger partial charge in [-0.25, -0.2) is 9.59 Å². The highest BCUT2D eigenvalue weighted by atomic mass is 16.5. The smallest absolute Gasteiger partial charge is 0.337 e. The summed E-state index contributed by atoms with van der Waals surface area (Å²) in [6.07, 6.45) is 0. The molecule has 6 heteroatoms. The lowest BCUT2D eigenvalue weighted by Gasteiger charge is -2.27. The lowest BCUT2D eigenvalue weighted by Crippen LogP contribution is -2.37. The first-order chi connectivity index (χ1) is 9.64. The number of methoxy groups -OCH3 is 1. The van der Waals surface area contributed by atoms with Crippen LogP contribution in [0.25, 0.3) is 0 Å². The number of carboxylic acids is 1. The average Bonchev–Trinajstić information content (AvgIpc) is 2.36. The van der Waals surface area contributed by atoms with Crippen molar-refractivity contribution in [1.29, 1.82) is 0 Å². The summed E-state index contributed by atoms with van der Waals surface area (Å²) < 4.78 is 5.05. The Balaban J connectivity index is 2.95. The van der Waals surface area contributed by atoms with Crippen molar-refractivity contribution >= 4 is 17.7 Å². The maximum Gasteiger partial charge on any atom is 0.337 e. The Morgan fingerprint density at radius 1 is 1.33 bits per heavy atom. The number of nitrogens with zero attached hydrogens (tertiary/aromatic N) is 1. The Morgan fingerprint density at radius 3 is 2.43 bits per heavy atom. The van der Waals surface area contributed by atoms with E-state index < -0.39 is 5.97 Å². The highest BCUT2D eigenvalue weighted by Gasteiger charge is 2.20. The van der Waals surface area contributed by atoms with Crippen LogP contribution in [0.4, 0.5) is 10.5 Å². The number of urea groups is 1. The summed E-state index contributed by atoms with van der Waals surface area (Å²) in [7, 11) is 3.15. The normalized spacial score (nSPS) is 10.9. The number of rotatable bonds is 4. The van der Waals surface area contributed by atoms with E-state index in [1.807, 2.05) is 20.8 Å². The van der Waals surface area contributed by atoms with Crippen molar-refractivity contribution in [1.82, 2.24) is 4.90 Å². The number of hydrogen-bond acceptors (Lipinski definition) is 3. The first kappa shape index (κ1) is 16.8. The zero-order valence-electron chi connectivity index (χ0n) is 13.1. The maximum atomic E-state index is 12.1. The Bertz CT molecular complexity index is 535. The molecule has 0 unspecified atom stereocenters. The van der Waals surface area contributed by atoms with Gasteiger partial charge in [-0.3, -0.25) is 0 Å². The molecule has 0 aliphatic rings. The molecular weight excluding hydrogens is 272 g/mol. The van der Waals surface area contributed by atoms with Gasteiger partial charge < -0.3 is 20.1 Å². The van der Waals surface area contributed by atoms with Crippen LogP contribution in [0, 0.1) is 5.41 Å². The second-order valence-corrected chi connectivity index (χ2v) is 6.06. The zero-order valence-corrected chi connectivity index (χ0v) is 13.1. The van der Waals surface area contributed by atoms with Crippen LogP contribution in [0.3, 0.4) is 0 Å². The molecule has 0 bridgehead atoms. The van der Waals surface area contributed by atoms with E-state index in [9.17, 15) is 9.59 Å². The number of anilines is 1. The summed E-state index contributed by atoms with van der Waals surface area (Å²) in [5.41, 5.74) is 0.191. The molecule has 0 fully saturated rings. The van der Waals surface area contributed by atoms with Gasteiger partial charge in [-0.2, -0.15) is 0 Å². The molecule has 6 nitrogen and oxygen atoms in total. The molecule has 116 valence electrons. The van der Waals surface area contributed by atoms with Gasteiger partial charge in [-0.05, 0) is 17.5 Å². The first-order valence-corrected chi connectivity index (χ1v) is 6.57. The molecule has 0 saturated carbocycles. The van der Waals surface area contributed by atoms with Gasteiger partial charge in [0, 0.05) is 19.7 Å². The zero-order chi connectivity index (χ0) is 16.2. The van der Waals surface area contributed by atoms with Crippen LogP contribution < -0.4 is 10.1 Å². The molecule has 0 saturated heterocycles. The fraction of sp³-hybridized carbons (Fsp3) is 0.467. The van der Waals surface area contributed by atoms with Crippen molar-refractivity contribution < 1.29 is 19.4 Å². The predicted octanol–water partition coefficient (Wildman–Crippen LogP) is 2.90. The van der Waals surface area contributed by atoms with Crippen molar-refractivity contribution in [3.8, 4) is 5.75 Å². The molecule has 0 radical (unpaired) electrons. The van der Waals surface area contributed by atoms with Crippen LogP contribution in [0.15, 0.2) is 18.2 Å². The Hall–Kier alpha value is -2.24. The number of aromatic carboxylic acids is 1. The van der Waals surface area contributed by atoms with Gasteiger partial charge in [0.15, 0.2) is 0 Å². The third-order valence-corrected chi connectivity index (χ3v) is 2.76. The van der Waals surface area contributed by atoms with E-state index in [0.29, 0.717) is 12.3 Å². The predicted molar refractivity (Wildman–Crippen MR) is 81.1 cm³/mol. The topological polar surface area (TPSA) is 78.9 Å². The van der Waals surface area contributed by atoms with Crippen molar-refractivity contribution in [2.75, 3.05) is 26.0 Å². The second kappa shape index (κ2) is 6.47. The van der Waals surface area contributed by atoms with Gasteiger partial charge in [0.2, 0.25) is 0 Å². The largest absolute Gasteiger partial charge is 0.497 e. The van der Waals surface area contributed by atoms with Gasteiger partial charge in [0.05, 0.1) is 18.4 Å². The van der Waals surface area contributed by atoms with Crippen molar-refractivity contribution in [3.05, 3.63) is 23.8 Å². The van der Waals surface area contributed by atoms with Crippen LogP contribution in [-0.2, 0) is 0 Å². The number of amides is 2. The number of carbonyl (C=O) groups excluding carboxylic acids is 1. The van der Waals surface area contributed by atoms with E-state index in [-0.39, 0.29) is 22.7 Å². The standard InChI is InChI=1S/C15H22N2O4/c1-15(2,3)9-17(4)14(20)16-12-8-10(21-5)6-7-11(12)13(18)19/h6-8H,9H2,1-5H3,(H,16,20)(H,18,19). The number of nitrogens with one attached hydrogen (secondary N) is 1. The first-order valence-electron chi connectivity index (χ1n) is 6.57. The monoisotopic (exact) mass is 294 g/mol. The van der Waals surface area contributed by atoms with Crippen molar-refractivity contribution in [2.24, 2.45) is 5.41 Å².